The van der Waals surface area contributed by atoms with E-state index in [2.05, 4.69) is 31.0 Å². The Kier molecular flexibility index (Phi) is 9.23. The van der Waals surface area contributed by atoms with Gasteiger partial charge in [0.2, 0.25) is 0 Å². The van der Waals surface area contributed by atoms with Gasteiger partial charge in [-0.2, -0.15) is 0 Å². The van der Waals surface area contributed by atoms with E-state index >= 15 is 0 Å². The van der Waals surface area contributed by atoms with Gasteiger partial charge in [-0.15, -0.1) is 0 Å². The van der Waals surface area contributed by atoms with E-state index in [1.807, 2.05) is 55.5 Å². The molecule has 0 saturated carbocycles. The predicted molar refractivity (Wildman–Crippen MR) is 156 cm³/mol. The average molecular weight is 524 g/mol. The number of aromatic nitrogens is 2. The molecule has 6 heteroatoms. The maximum absolute atomic E-state index is 13.4. The molecule has 0 unspecified atom stereocenters. The smallest absolute Gasteiger partial charge is 0.262 e. The van der Waals surface area contributed by atoms with Gasteiger partial charge in [0, 0.05) is 6.04 Å². The lowest BCUT2D eigenvalue weighted by Gasteiger charge is -2.21. The van der Waals surface area contributed by atoms with Gasteiger partial charge in [0.1, 0.15) is 23.1 Å². The SMILES string of the molecule is CC[C@@H](N)c1ccccc1.CC[C@H](c1ccccc1)n1c(C)nc2ccc(Oc3ccc(F)cc3)cc2c1=O. The first-order valence-electron chi connectivity index (χ1n) is 13.2. The Morgan fingerprint density at radius 3 is 2.00 bits per heavy atom. The van der Waals surface area contributed by atoms with Gasteiger partial charge in [-0.3, -0.25) is 9.36 Å². The first kappa shape index (κ1) is 27.7. The third-order valence-electron chi connectivity index (χ3n) is 6.65. The topological polar surface area (TPSA) is 70.1 Å². The third-order valence-corrected chi connectivity index (χ3v) is 6.65. The average Bonchev–Trinajstić information content (AvgIpc) is 2.97. The molecule has 0 aliphatic rings. The predicted octanol–water partition coefficient (Wildman–Crippen LogP) is 7.73. The normalized spacial score (nSPS) is 12.3. The van der Waals surface area contributed by atoms with Crippen molar-refractivity contribution in [2.75, 3.05) is 0 Å². The largest absolute Gasteiger partial charge is 0.457 e. The molecule has 5 nitrogen and oxygen atoms in total. The van der Waals surface area contributed by atoms with Gasteiger partial charge in [-0.1, -0.05) is 74.5 Å². The second-order valence-electron chi connectivity index (χ2n) is 9.33. The van der Waals surface area contributed by atoms with Crippen LogP contribution < -0.4 is 16.0 Å². The van der Waals surface area contributed by atoms with Crippen LogP contribution in [0, 0.1) is 12.7 Å². The van der Waals surface area contributed by atoms with Crippen molar-refractivity contribution in [3.05, 3.63) is 136 Å². The lowest BCUT2D eigenvalue weighted by Crippen LogP contribution is -2.28. The van der Waals surface area contributed by atoms with E-state index in [0.717, 1.165) is 18.4 Å². The number of nitrogens with two attached hydrogens (primary N) is 1. The monoisotopic (exact) mass is 523 g/mol. The van der Waals surface area contributed by atoms with Gasteiger partial charge in [0.05, 0.1) is 16.9 Å². The molecule has 0 saturated heterocycles. The van der Waals surface area contributed by atoms with Gasteiger partial charge < -0.3 is 10.5 Å². The summed E-state index contributed by atoms with van der Waals surface area (Å²) in [5, 5.41) is 0.490. The summed E-state index contributed by atoms with van der Waals surface area (Å²) in [5.41, 5.74) is 8.61. The molecule has 0 fully saturated rings. The Hall–Kier alpha value is -4.29. The van der Waals surface area contributed by atoms with Crippen LogP contribution in [0.15, 0.2) is 108 Å². The first-order valence-corrected chi connectivity index (χ1v) is 13.2. The number of hydrogen-bond donors (Lipinski definition) is 1. The van der Waals surface area contributed by atoms with E-state index in [4.69, 9.17) is 10.5 Å². The van der Waals surface area contributed by atoms with E-state index in [-0.39, 0.29) is 23.5 Å². The van der Waals surface area contributed by atoms with E-state index in [9.17, 15) is 9.18 Å². The summed E-state index contributed by atoms with van der Waals surface area (Å²) in [4.78, 5) is 18.0. The van der Waals surface area contributed by atoms with Crippen molar-refractivity contribution in [3.63, 3.8) is 0 Å². The fraction of sp³-hybridized carbons (Fsp3) is 0.212. The van der Waals surface area contributed by atoms with Crippen LogP contribution in [0.25, 0.3) is 10.9 Å². The van der Waals surface area contributed by atoms with Crippen molar-refractivity contribution in [1.29, 1.82) is 0 Å². The molecule has 2 atom stereocenters. The molecule has 0 spiro atoms. The summed E-state index contributed by atoms with van der Waals surface area (Å²) in [7, 11) is 0. The molecule has 200 valence electrons. The van der Waals surface area contributed by atoms with Crippen LogP contribution in [0.3, 0.4) is 0 Å². The van der Waals surface area contributed by atoms with Crippen molar-refractivity contribution in [2.24, 2.45) is 5.73 Å². The lowest BCUT2D eigenvalue weighted by molar-refractivity contribution is 0.481. The van der Waals surface area contributed by atoms with E-state index < -0.39 is 0 Å². The standard InChI is InChI=1S/C24H21FN2O2.C9H13N/c1-3-23(17-7-5-4-6-8-17)27-16(2)26-22-14-13-20(15-21(22)24(27)28)29-19-11-9-18(25)10-12-19;1-2-9(10)8-6-4-3-5-7-8/h4-15,23H,3H2,1-2H3;3-7,9H,2,10H2,1H3/t23-;9-/m11/s1. The number of nitrogens with zero attached hydrogens (tertiary/aromatic N) is 2. The third kappa shape index (κ3) is 6.78. The molecule has 0 aliphatic carbocycles. The molecule has 1 heterocycles. The molecule has 5 aromatic rings. The van der Waals surface area contributed by atoms with Crippen LogP contribution in [-0.2, 0) is 0 Å². The number of aryl methyl sites for hydroxylation is 1. The van der Waals surface area contributed by atoms with E-state index in [0.29, 0.717) is 28.2 Å². The summed E-state index contributed by atoms with van der Waals surface area (Å²) in [6.45, 7) is 6.01. The number of ether oxygens (including phenoxy) is 1. The highest BCUT2D eigenvalue weighted by atomic mass is 19.1. The van der Waals surface area contributed by atoms with Crippen molar-refractivity contribution in [1.82, 2.24) is 9.55 Å². The molecule has 4 aromatic carbocycles. The van der Waals surface area contributed by atoms with Gasteiger partial charge in [-0.05, 0) is 73.4 Å². The molecule has 5 rings (SSSR count). The number of fused-ring (bicyclic) bond motifs is 1. The molecule has 39 heavy (non-hydrogen) atoms. The Bertz CT molecular complexity index is 1550. The molecule has 1 aromatic heterocycles. The molecule has 0 radical (unpaired) electrons. The quantitative estimate of drug-likeness (QED) is 0.237. The zero-order chi connectivity index (χ0) is 27.8. The van der Waals surface area contributed by atoms with E-state index in [1.54, 1.807) is 34.9 Å². The second kappa shape index (κ2) is 13.0. The Labute approximate surface area is 228 Å². The van der Waals surface area contributed by atoms with Crippen LogP contribution in [-0.4, -0.2) is 9.55 Å². The number of rotatable bonds is 7. The highest BCUT2D eigenvalue weighted by molar-refractivity contribution is 5.79. The van der Waals surface area contributed by atoms with Gasteiger partial charge >= 0.3 is 0 Å². The highest BCUT2D eigenvalue weighted by Crippen LogP contribution is 2.26. The Balaban J connectivity index is 0.000000298. The molecular weight excluding hydrogens is 489 g/mol. The Morgan fingerprint density at radius 1 is 0.821 bits per heavy atom. The number of hydrogen-bond acceptors (Lipinski definition) is 4. The summed E-state index contributed by atoms with van der Waals surface area (Å²) < 4.78 is 20.7. The van der Waals surface area contributed by atoms with Gasteiger partial charge in [0.15, 0.2) is 0 Å². The van der Waals surface area contributed by atoms with Gasteiger partial charge in [-0.25, -0.2) is 9.37 Å². The van der Waals surface area contributed by atoms with E-state index in [1.165, 1.54) is 17.7 Å². The number of benzene rings is 4. The number of halogens is 1. The molecule has 0 aliphatic heterocycles. The minimum Gasteiger partial charge on any atom is -0.457 e. The van der Waals surface area contributed by atoms with Crippen molar-refractivity contribution < 1.29 is 9.13 Å². The van der Waals surface area contributed by atoms with Gasteiger partial charge in [0.25, 0.3) is 5.56 Å². The van der Waals surface area contributed by atoms with Crippen LogP contribution in [0.1, 0.15) is 55.7 Å². The second-order valence-corrected chi connectivity index (χ2v) is 9.33. The van der Waals surface area contributed by atoms with Crippen LogP contribution in [0.5, 0.6) is 11.5 Å². The summed E-state index contributed by atoms with van der Waals surface area (Å²) >= 11 is 0. The fourth-order valence-corrected chi connectivity index (χ4v) is 4.54. The lowest BCUT2D eigenvalue weighted by atomic mass is 10.0. The molecule has 2 N–H and O–H groups in total. The van der Waals surface area contributed by atoms with Crippen molar-refractivity contribution in [3.8, 4) is 11.5 Å². The fourth-order valence-electron chi connectivity index (χ4n) is 4.54. The van der Waals surface area contributed by atoms with Crippen LogP contribution in [0.4, 0.5) is 4.39 Å². The summed E-state index contributed by atoms with van der Waals surface area (Å²) in [5.74, 6) is 1.35. The first-order chi connectivity index (χ1) is 18.9. The molecule has 0 amide bonds. The maximum atomic E-state index is 13.4. The minimum atomic E-state index is -0.329. The Morgan fingerprint density at radius 2 is 1.41 bits per heavy atom. The van der Waals surface area contributed by atoms with Crippen LogP contribution in [0.2, 0.25) is 0 Å². The van der Waals surface area contributed by atoms with Crippen molar-refractivity contribution >= 4 is 10.9 Å². The summed E-state index contributed by atoms with van der Waals surface area (Å²) in [6.07, 6.45) is 1.77. The zero-order valence-electron chi connectivity index (χ0n) is 22.6. The molecular formula is C33H34FN3O2. The summed E-state index contributed by atoms with van der Waals surface area (Å²) in [6, 6.07) is 31.2. The zero-order valence-corrected chi connectivity index (χ0v) is 22.6. The molecule has 0 bridgehead atoms. The maximum Gasteiger partial charge on any atom is 0.262 e. The van der Waals surface area contributed by atoms with Crippen LogP contribution >= 0.6 is 0 Å². The minimum absolute atomic E-state index is 0.0951. The van der Waals surface area contributed by atoms with Crippen molar-refractivity contribution in [2.45, 2.75) is 45.7 Å². The highest BCUT2D eigenvalue weighted by Gasteiger charge is 2.18.